The molecule has 1 aliphatic rings. The zero-order valence-corrected chi connectivity index (χ0v) is 13.0. The van der Waals surface area contributed by atoms with Crippen LogP contribution >= 0.6 is 35.0 Å². The summed E-state index contributed by atoms with van der Waals surface area (Å²) < 4.78 is 0. The number of carbonyl (C=O) groups excluding carboxylic acids is 1. The van der Waals surface area contributed by atoms with E-state index in [1.807, 2.05) is 13.0 Å². The maximum absolute atomic E-state index is 11.9. The third-order valence-corrected chi connectivity index (χ3v) is 4.98. The van der Waals surface area contributed by atoms with Crippen molar-refractivity contribution in [3.05, 3.63) is 27.7 Å². The van der Waals surface area contributed by atoms with Gasteiger partial charge < -0.3 is 10.6 Å². The van der Waals surface area contributed by atoms with E-state index in [1.165, 1.54) is 0 Å². The van der Waals surface area contributed by atoms with E-state index in [-0.39, 0.29) is 5.91 Å². The number of hydrogen-bond donors (Lipinski definition) is 2. The van der Waals surface area contributed by atoms with E-state index in [4.69, 9.17) is 23.2 Å². The van der Waals surface area contributed by atoms with Crippen molar-refractivity contribution >= 4 is 46.6 Å². The summed E-state index contributed by atoms with van der Waals surface area (Å²) >= 11 is 13.8. The summed E-state index contributed by atoms with van der Waals surface area (Å²) in [5.41, 5.74) is 1.41. The van der Waals surface area contributed by atoms with Crippen LogP contribution < -0.4 is 10.6 Å². The number of halogens is 2. The average Bonchev–Trinajstić information content (AvgIpc) is 2.33. The summed E-state index contributed by atoms with van der Waals surface area (Å²) in [6, 6.07) is 3.57. The normalized spacial score (nSPS) is 15.1. The van der Waals surface area contributed by atoms with Crippen molar-refractivity contribution in [3.8, 4) is 0 Å². The number of nitrogens with one attached hydrogen (secondary N) is 2. The smallest absolute Gasteiger partial charge is 0.234 e. The standard InChI is InChI=1S/C13H16Cl2N2OS/c1-8-2-3-10(14)13(12(8)15)17-11(18)7-19-6-9-4-16-5-9/h2-3,9,16H,4-7H2,1H3,(H,17,18). The number of amides is 1. The van der Waals surface area contributed by atoms with Crippen LogP contribution in [0.1, 0.15) is 5.56 Å². The predicted octanol–water partition coefficient (Wildman–Crippen LogP) is 3.19. The molecule has 1 fully saturated rings. The van der Waals surface area contributed by atoms with E-state index >= 15 is 0 Å². The van der Waals surface area contributed by atoms with Crippen LogP contribution in [-0.2, 0) is 4.79 Å². The number of hydrogen-bond acceptors (Lipinski definition) is 3. The second-order valence-electron chi connectivity index (χ2n) is 4.64. The predicted molar refractivity (Wildman–Crippen MR) is 83.5 cm³/mol. The molecule has 0 spiro atoms. The maximum atomic E-state index is 11.9. The summed E-state index contributed by atoms with van der Waals surface area (Å²) in [6.45, 7) is 4.00. The number of aryl methyl sites for hydroxylation is 1. The molecule has 0 radical (unpaired) electrons. The first kappa shape index (κ1) is 15.0. The highest BCUT2D eigenvalue weighted by Gasteiger charge is 2.17. The number of rotatable bonds is 5. The molecule has 3 nitrogen and oxygen atoms in total. The van der Waals surface area contributed by atoms with E-state index in [1.54, 1.807) is 17.8 Å². The molecule has 1 aromatic carbocycles. The first-order valence-corrected chi connectivity index (χ1v) is 8.02. The lowest BCUT2D eigenvalue weighted by Crippen LogP contribution is -2.43. The fourth-order valence-electron chi connectivity index (χ4n) is 1.73. The lowest BCUT2D eigenvalue weighted by Gasteiger charge is -2.26. The minimum absolute atomic E-state index is 0.0633. The van der Waals surface area contributed by atoms with Gasteiger partial charge in [0, 0.05) is 0 Å². The minimum Gasteiger partial charge on any atom is -0.323 e. The summed E-state index contributed by atoms with van der Waals surface area (Å²) in [5, 5.41) is 6.98. The van der Waals surface area contributed by atoms with Gasteiger partial charge in [0.15, 0.2) is 0 Å². The van der Waals surface area contributed by atoms with Crippen molar-refractivity contribution in [2.75, 3.05) is 29.9 Å². The van der Waals surface area contributed by atoms with Gasteiger partial charge in [0.1, 0.15) is 0 Å². The third-order valence-electron chi connectivity index (χ3n) is 3.00. The van der Waals surface area contributed by atoms with Gasteiger partial charge in [0.25, 0.3) is 0 Å². The lowest BCUT2D eigenvalue weighted by molar-refractivity contribution is -0.113. The molecule has 0 saturated carbocycles. The molecular weight excluding hydrogens is 303 g/mol. The van der Waals surface area contributed by atoms with Gasteiger partial charge >= 0.3 is 0 Å². The molecule has 104 valence electrons. The Morgan fingerprint density at radius 1 is 1.47 bits per heavy atom. The third kappa shape index (κ3) is 4.02. The van der Waals surface area contributed by atoms with Gasteiger partial charge in [-0.15, -0.1) is 0 Å². The number of carbonyl (C=O) groups is 1. The Labute approximate surface area is 127 Å². The highest BCUT2D eigenvalue weighted by Crippen LogP contribution is 2.32. The molecule has 1 amide bonds. The highest BCUT2D eigenvalue weighted by molar-refractivity contribution is 7.99. The molecule has 0 unspecified atom stereocenters. The Kier molecular flexibility index (Phi) is 5.39. The van der Waals surface area contributed by atoms with Crippen LogP contribution in [0.4, 0.5) is 5.69 Å². The zero-order valence-electron chi connectivity index (χ0n) is 10.6. The second-order valence-corrected chi connectivity index (χ2v) is 6.46. The van der Waals surface area contributed by atoms with Gasteiger partial charge in [-0.25, -0.2) is 0 Å². The first-order valence-electron chi connectivity index (χ1n) is 6.11. The Hall–Kier alpha value is -0.420. The van der Waals surface area contributed by atoms with Crippen LogP contribution in [0.25, 0.3) is 0 Å². The molecule has 1 heterocycles. The second kappa shape index (κ2) is 6.84. The quantitative estimate of drug-likeness (QED) is 0.876. The van der Waals surface area contributed by atoms with Crippen LogP contribution in [0.15, 0.2) is 12.1 Å². The molecule has 1 aromatic rings. The molecule has 2 N–H and O–H groups in total. The Balaban J connectivity index is 1.85. The number of benzene rings is 1. The van der Waals surface area contributed by atoms with Crippen molar-refractivity contribution in [1.82, 2.24) is 5.32 Å². The van der Waals surface area contributed by atoms with Gasteiger partial charge in [-0.2, -0.15) is 11.8 Å². The van der Waals surface area contributed by atoms with Crippen molar-refractivity contribution in [2.45, 2.75) is 6.92 Å². The molecule has 2 rings (SSSR count). The summed E-state index contributed by atoms with van der Waals surface area (Å²) in [5.74, 6) is 2.07. The molecular formula is C13H16Cl2N2OS. The Morgan fingerprint density at radius 3 is 2.84 bits per heavy atom. The molecule has 0 aliphatic carbocycles. The molecule has 0 aromatic heterocycles. The molecule has 0 bridgehead atoms. The van der Waals surface area contributed by atoms with Gasteiger partial charge in [-0.3, -0.25) is 4.79 Å². The Morgan fingerprint density at radius 2 is 2.21 bits per heavy atom. The monoisotopic (exact) mass is 318 g/mol. The summed E-state index contributed by atoms with van der Waals surface area (Å²) in [4.78, 5) is 11.9. The van der Waals surface area contributed by atoms with Crippen molar-refractivity contribution in [2.24, 2.45) is 5.92 Å². The molecule has 19 heavy (non-hydrogen) atoms. The van der Waals surface area contributed by atoms with Crippen LogP contribution in [0.2, 0.25) is 10.0 Å². The van der Waals surface area contributed by atoms with Gasteiger partial charge in [-0.05, 0) is 43.3 Å². The fourth-order valence-corrected chi connectivity index (χ4v) is 3.14. The van der Waals surface area contributed by atoms with Gasteiger partial charge in [0.05, 0.1) is 21.5 Å². The van der Waals surface area contributed by atoms with E-state index in [0.29, 0.717) is 27.4 Å². The van der Waals surface area contributed by atoms with Crippen LogP contribution in [0.3, 0.4) is 0 Å². The van der Waals surface area contributed by atoms with Crippen LogP contribution in [0.5, 0.6) is 0 Å². The van der Waals surface area contributed by atoms with E-state index in [2.05, 4.69) is 10.6 Å². The molecule has 1 aliphatic heterocycles. The molecule has 0 atom stereocenters. The molecule has 1 saturated heterocycles. The minimum atomic E-state index is -0.0633. The van der Waals surface area contributed by atoms with E-state index in [0.717, 1.165) is 24.4 Å². The SMILES string of the molecule is Cc1ccc(Cl)c(NC(=O)CSCC2CNC2)c1Cl. The van der Waals surface area contributed by atoms with E-state index in [9.17, 15) is 4.79 Å². The van der Waals surface area contributed by atoms with Crippen molar-refractivity contribution < 1.29 is 4.79 Å². The topological polar surface area (TPSA) is 41.1 Å². The largest absolute Gasteiger partial charge is 0.323 e. The zero-order chi connectivity index (χ0) is 13.8. The van der Waals surface area contributed by atoms with Crippen molar-refractivity contribution in [3.63, 3.8) is 0 Å². The highest BCUT2D eigenvalue weighted by atomic mass is 35.5. The van der Waals surface area contributed by atoms with Crippen LogP contribution in [-0.4, -0.2) is 30.5 Å². The molecule has 6 heteroatoms. The first-order chi connectivity index (χ1) is 9.08. The number of thioether (sulfide) groups is 1. The summed E-state index contributed by atoms with van der Waals surface area (Å²) in [7, 11) is 0. The average molecular weight is 319 g/mol. The van der Waals surface area contributed by atoms with Crippen molar-refractivity contribution in [1.29, 1.82) is 0 Å². The summed E-state index contributed by atoms with van der Waals surface area (Å²) in [6.07, 6.45) is 0. The fraction of sp³-hybridized carbons (Fsp3) is 0.462. The van der Waals surface area contributed by atoms with Gasteiger partial charge in [-0.1, -0.05) is 29.3 Å². The number of anilines is 1. The Bertz CT molecular complexity index is 478. The van der Waals surface area contributed by atoms with E-state index < -0.39 is 0 Å². The lowest BCUT2D eigenvalue weighted by atomic mass is 10.1. The maximum Gasteiger partial charge on any atom is 0.234 e. The van der Waals surface area contributed by atoms with Gasteiger partial charge in [0.2, 0.25) is 5.91 Å². The van der Waals surface area contributed by atoms with Crippen LogP contribution in [0, 0.1) is 12.8 Å².